The van der Waals surface area contributed by atoms with Crippen LogP contribution in [0.1, 0.15) is 20.3 Å². The van der Waals surface area contributed by atoms with Gasteiger partial charge >= 0.3 is 6.03 Å². The van der Waals surface area contributed by atoms with E-state index in [4.69, 9.17) is 0 Å². The van der Waals surface area contributed by atoms with E-state index in [1.165, 1.54) is 0 Å². The summed E-state index contributed by atoms with van der Waals surface area (Å²) < 4.78 is 0. The lowest BCUT2D eigenvalue weighted by atomic mass is 10.2. The number of rotatable bonds is 2. The molecule has 0 spiro atoms. The zero-order valence-electron chi connectivity index (χ0n) is 6.35. The molecule has 0 aliphatic carbocycles. The topological polar surface area (TPSA) is 44.4 Å². The smallest absolute Gasteiger partial charge is 0.307 e. The molecule has 1 fully saturated rings. The number of carbonyl (C=O) groups is 1. The molecule has 1 aliphatic rings. The molecule has 1 saturated heterocycles. The van der Waals surface area contributed by atoms with Gasteiger partial charge in [-0.15, -0.1) is 0 Å². The van der Waals surface area contributed by atoms with Gasteiger partial charge in [-0.3, -0.25) is 5.43 Å². The predicted octanol–water partition coefficient (Wildman–Crippen LogP) is 0.272. The minimum Gasteiger partial charge on any atom is -0.307 e. The van der Waals surface area contributed by atoms with Crippen LogP contribution in [0.3, 0.4) is 0 Å². The summed E-state index contributed by atoms with van der Waals surface area (Å²) in [5, 5.41) is 0. The van der Waals surface area contributed by atoms with Gasteiger partial charge in [0, 0.05) is 6.04 Å². The van der Waals surface area contributed by atoms with Crippen molar-refractivity contribution in [1.29, 1.82) is 0 Å². The van der Waals surface area contributed by atoms with Gasteiger partial charge < -0.3 is 4.90 Å². The van der Waals surface area contributed by atoms with Gasteiger partial charge in [0.15, 0.2) is 0 Å². The molecule has 4 heteroatoms. The largest absolute Gasteiger partial charge is 0.333 e. The van der Waals surface area contributed by atoms with Crippen molar-refractivity contribution in [3.8, 4) is 0 Å². The second kappa shape index (κ2) is 2.88. The van der Waals surface area contributed by atoms with Crippen molar-refractivity contribution in [1.82, 2.24) is 15.8 Å². The number of nitrogens with one attached hydrogen (secondary N) is 2. The van der Waals surface area contributed by atoms with Crippen molar-refractivity contribution in [3.63, 3.8) is 0 Å². The Hall–Kier alpha value is -0.770. The second-order valence-corrected chi connectivity index (χ2v) is 2.49. The third kappa shape index (κ3) is 1.21. The zero-order chi connectivity index (χ0) is 7.56. The molecule has 2 N–H and O–H groups in total. The van der Waals surface area contributed by atoms with E-state index in [0.717, 1.165) is 6.42 Å². The number of amides is 2. The van der Waals surface area contributed by atoms with Gasteiger partial charge in [-0.25, -0.2) is 10.2 Å². The molecule has 0 aromatic heterocycles. The molecular weight excluding hydrogens is 130 g/mol. The summed E-state index contributed by atoms with van der Waals surface area (Å²) in [7, 11) is 0. The zero-order valence-corrected chi connectivity index (χ0v) is 6.35. The number of hydrazine groups is 1. The van der Waals surface area contributed by atoms with Gasteiger partial charge in [0.05, 0.1) is 6.67 Å². The molecule has 1 heterocycles. The van der Waals surface area contributed by atoms with E-state index in [9.17, 15) is 4.79 Å². The SMILES string of the molecule is CCC(C)N1CNNC1=O. The van der Waals surface area contributed by atoms with Gasteiger partial charge in [0.1, 0.15) is 0 Å². The molecule has 4 nitrogen and oxygen atoms in total. The summed E-state index contributed by atoms with van der Waals surface area (Å²) >= 11 is 0. The van der Waals surface area contributed by atoms with Gasteiger partial charge in [-0.05, 0) is 13.3 Å². The molecule has 0 radical (unpaired) electrons. The number of hydrogen-bond acceptors (Lipinski definition) is 2. The van der Waals surface area contributed by atoms with Crippen LogP contribution in [0.4, 0.5) is 4.79 Å². The first kappa shape index (κ1) is 7.34. The van der Waals surface area contributed by atoms with Crippen LogP contribution in [0.15, 0.2) is 0 Å². The number of hydrogen-bond donors (Lipinski definition) is 2. The lowest BCUT2D eigenvalue weighted by molar-refractivity contribution is 0.200. The molecule has 58 valence electrons. The van der Waals surface area contributed by atoms with Crippen LogP contribution in [-0.2, 0) is 0 Å². The second-order valence-electron chi connectivity index (χ2n) is 2.49. The fourth-order valence-electron chi connectivity index (χ4n) is 0.920. The maximum atomic E-state index is 10.9. The molecule has 0 saturated carbocycles. The summed E-state index contributed by atoms with van der Waals surface area (Å²) in [6.45, 7) is 4.72. The van der Waals surface area contributed by atoms with Crippen molar-refractivity contribution >= 4 is 6.03 Å². The quantitative estimate of drug-likeness (QED) is 0.583. The first-order valence-electron chi connectivity index (χ1n) is 3.55. The Labute approximate surface area is 60.5 Å². The van der Waals surface area contributed by atoms with Crippen LogP contribution in [-0.4, -0.2) is 23.6 Å². The van der Waals surface area contributed by atoms with Crippen LogP contribution in [0, 0.1) is 0 Å². The molecule has 2 amide bonds. The Balaban J connectivity index is 2.46. The van der Waals surface area contributed by atoms with Crippen LogP contribution in [0.5, 0.6) is 0 Å². The maximum absolute atomic E-state index is 10.9. The van der Waals surface area contributed by atoms with E-state index < -0.39 is 0 Å². The van der Waals surface area contributed by atoms with Crippen molar-refractivity contribution in [3.05, 3.63) is 0 Å². The van der Waals surface area contributed by atoms with E-state index in [-0.39, 0.29) is 6.03 Å². The third-order valence-electron chi connectivity index (χ3n) is 1.83. The Morgan fingerprint density at radius 2 is 2.50 bits per heavy atom. The summed E-state index contributed by atoms with van der Waals surface area (Å²) in [6.07, 6.45) is 0.995. The van der Waals surface area contributed by atoms with Gasteiger partial charge in [0.25, 0.3) is 0 Å². The summed E-state index contributed by atoms with van der Waals surface area (Å²) in [4.78, 5) is 12.7. The fraction of sp³-hybridized carbons (Fsp3) is 0.833. The molecule has 1 unspecified atom stereocenters. The van der Waals surface area contributed by atoms with Crippen LogP contribution in [0.25, 0.3) is 0 Å². The Morgan fingerprint density at radius 3 is 2.90 bits per heavy atom. The molecule has 1 rings (SSSR count). The maximum Gasteiger partial charge on any atom is 0.333 e. The highest BCUT2D eigenvalue weighted by Crippen LogP contribution is 2.03. The fourth-order valence-corrected chi connectivity index (χ4v) is 0.920. The molecule has 1 atom stereocenters. The lowest BCUT2D eigenvalue weighted by Crippen LogP contribution is -2.35. The van der Waals surface area contributed by atoms with Crippen LogP contribution in [0.2, 0.25) is 0 Å². The van der Waals surface area contributed by atoms with E-state index in [1.807, 2.05) is 6.92 Å². The van der Waals surface area contributed by atoms with Crippen LogP contribution < -0.4 is 10.9 Å². The average Bonchev–Trinajstić information content (AvgIpc) is 2.34. The Bertz CT molecular complexity index is 137. The molecule has 1 aliphatic heterocycles. The number of carbonyl (C=O) groups excluding carboxylic acids is 1. The van der Waals surface area contributed by atoms with Crippen LogP contribution >= 0.6 is 0 Å². The minimum atomic E-state index is -0.0191. The minimum absolute atomic E-state index is 0.0191. The van der Waals surface area contributed by atoms with Crippen molar-refractivity contribution in [2.24, 2.45) is 0 Å². The van der Waals surface area contributed by atoms with Gasteiger partial charge in [0.2, 0.25) is 0 Å². The van der Waals surface area contributed by atoms with Crippen molar-refractivity contribution in [2.45, 2.75) is 26.3 Å². The molecule has 10 heavy (non-hydrogen) atoms. The van der Waals surface area contributed by atoms with E-state index >= 15 is 0 Å². The van der Waals surface area contributed by atoms with Crippen molar-refractivity contribution < 1.29 is 4.79 Å². The molecule has 0 aromatic rings. The van der Waals surface area contributed by atoms with Gasteiger partial charge in [-0.1, -0.05) is 6.92 Å². The highest BCUT2D eigenvalue weighted by Gasteiger charge is 2.22. The lowest BCUT2D eigenvalue weighted by Gasteiger charge is -2.19. The monoisotopic (exact) mass is 143 g/mol. The Kier molecular flexibility index (Phi) is 2.11. The average molecular weight is 143 g/mol. The summed E-state index contributed by atoms with van der Waals surface area (Å²) in [5.74, 6) is 0. The first-order valence-corrected chi connectivity index (χ1v) is 3.55. The van der Waals surface area contributed by atoms with E-state index in [1.54, 1.807) is 4.90 Å². The molecule has 0 bridgehead atoms. The molecular formula is C6H13N3O. The standard InChI is InChI=1S/C6H13N3O/c1-3-5(2)9-4-7-8-6(9)10/h5,7H,3-4H2,1-2H3,(H,8,10). The number of nitrogens with zero attached hydrogens (tertiary/aromatic N) is 1. The van der Waals surface area contributed by atoms with E-state index in [2.05, 4.69) is 17.8 Å². The van der Waals surface area contributed by atoms with Crippen molar-refractivity contribution in [2.75, 3.05) is 6.67 Å². The van der Waals surface area contributed by atoms with Gasteiger partial charge in [-0.2, -0.15) is 0 Å². The number of urea groups is 1. The normalized spacial score (nSPS) is 21.0. The summed E-state index contributed by atoms with van der Waals surface area (Å²) in [6, 6.07) is 0.310. The summed E-state index contributed by atoms with van der Waals surface area (Å²) in [5.41, 5.74) is 5.29. The highest BCUT2D eigenvalue weighted by atomic mass is 16.2. The third-order valence-corrected chi connectivity index (χ3v) is 1.83. The first-order chi connectivity index (χ1) is 4.75. The molecule has 0 aromatic carbocycles. The highest BCUT2D eigenvalue weighted by molar-refractivity contribution is 5.75. The predicted molar refractivity (Wildman–Crippen MR) is 38.1 cm³/mol. The van der Waals surface area contributed by atoms with E-state index in [0.29, 0.717) is 12.7 Å². The Morgan fingerprint density at radius 1 is 1.80 bits per heavy atom.